The lowest BCUT2D eigenvalue weighted by Gasteiger charge is -2.16. The highest BCUT2D eigenvalue weighted by Crippen LogP contribution is 1.97. The van der Waals surface area contributed by atoms with E-state index < -0.39 is 5.54 Å². The number of carbonyl (C=O) groups is 1. The van der Waals surface area contributed by atoms with Crippen LogP contribution in [0.15, 0.2) is 0 Å². The van der Waals surface area contributed by atoms with Gasteiger partial charge in [0.2, 0.25) is 0 Å². The minimum absolute atomic E-state index is 0.0778. The summed E-state index contributed by atoms with van der Waals surface area (Å²) >= 11 is 0. The highest BCUT2D eigenvalue weighted by molar-refractivity contribution is 5.71. The molecular weight excluding hydrogens is 156 g/mol. The van der Waals surface area contributed by atoms with Crippen molar-refractivity contribution < 1.29 is 9.53 Å². The van der Waals surface area contributed by atoms with Gasteiger partial charge in [-0.3, -0.25) is 10.1 Å². The molecule has 0 unspecified atom stereocenters. The van der Waals surface area contributed by atoms with Gasteiger partial charge in [0, 0.05) is 0 Å². The molecule has 0 saturated heterocycles. The van der Waals surface area contributed by atoms with Crippen molar-refractivity contribution in [1.29, 1.82) is 5.26 Å². The van der Waals surface area contributed by atoms with Crippen molar-refractivity contribution in [2.75, 3.05) is 13.2 Å². The zero-order valence-electron chi connectivity index (χ0n) is 7.68. The number of nitrogens with zero attached hydrogens (tertiary/aromatic N) is 1. The number of rotatable bonds is 4. The van der Waals surface area contributed by atoms with E-state index in [2.05, 4.69) is 10.1 Å². The summed E-state index contributed by atoms with van der Waals surface area (Å²) in [6.07, 6.45) is 0. The lowest BCUT2D eigenvalue weighted by molar-refractivity contribution is -0.142. The fraction of sp³-hybridized carbons (Fsp3) is 0.750. The van der Waals surface area contributed by atoms with Gasteiger partial charge in [-0.25, -0.2) is 0 Å². The second-order valence-electron chi connectivity index (χ2n) is 2.90. The SMILES string of the molecule is CCOC(=O)CNC(C)(C)C#N. The van der Waals surface area contributed by atoms with E-state index in [1.54, 1.807) is 20.8 Å². The summed E-state index contributed by atoms with van der Waals surface area (Å²) in [6, 6.07) is 2.02. The third kappa shape index (κ3) is 4.69. The van der Waals surface area contributed by atoms with Gasteiger partial charge in [0.15, 0.2) is 0 Å². The highest BCUT2D eigenvalue weighted by atomic mass is 16.5. The van der Waals surface area contributed by atoms with Crippen LogP contribution in [0.1, 0.15) is 20.8 Å². The van der Waals surface area contributed by atoms with Crippen LogP contribution in [0.25, 0.3) is 0 Å². The van der Waals surface area contributed by atoms with Crippen molar-refractivity contribution in [3.8, 4) is 6.07 Å². The van der Waals surface area contributed by atoms with E-state index in [0.717, 1.165) is 0 Å². The lowest BCUT2D eigenvalue weighted by Crippen LogP contribution is -2.41. The number of carbonyl (C=O) groups excluding carboxylic acids is 1. The predicted octanol–water partition coefficient (Wildman–Crippen LogP) is 0.441. The monoisotopic (exact) mass is 170 g/mol. The number of ether oxygens (including phenoxy) is 1. The van der Waals surface area contributed by atoms with E-state index in [1.165, 1.54) is 0 Å². The predicted molar refractivity (Wildman–Crippen MR) is 44.3 cm³/mol. The molecule has 0 fully saturated rings. The van der Waals surface area contributed by atoms with Crippen molar-refractivity contribution in [2.45, 2.75) is 26.3 Å². The second-order valence-corrected chi connectivity index (χ2v) is 2.90. The molecule has 0 amide bonds. The van der Waals surface area contributed by atoms with Gasteiger partial charge in [-0.15, -0.1) is 0 Å². The maximum Gasteiger partial charge on any atom is 0.319 e. The van der Waals surface area contributed by atoms with Gasteiger partial charge in [-0.1, -0.05) is 0 Å². The van der Waals surface area contributed by atoms with Crippen LogP contribution in [-0.4, -0.2) is 24.7 Å². The normalized spacial score (nSPS) is 10.5. The Morgan fingerprint density at radius 2 is 2.25 bits per heavy atom. The molecule has 0 aromatic carbocycles. The molecule has 0 atom stereocenters. The van der Waals surface area contributed by atoms with Crippen molar-refractivity contribution in [1.82, 2.24) is 5.32 Å². The summed E-state index contributed by atoms with van der Waals surface area (Å²) < 4.78 is 4.67. The van der Waals surface area contributed by atoms with Crippen LogP contribution >= 0.6 is 0 Å². The van der Waals surface area contributed by atoms with Crippen molar-refractivity contribution in [2.24, 2.45) is 0 Å². The number of hydrogen-bond acceptors (Lipinski definition) is 4. The van der Waals surface area contributed by atoms with Gasteiger partial charge in [0.25, 0.3) is 0 Å². The Balaban J connectivity index is 3.70. The summed E-state index contributed by atoms with van der Waals surface area (Å²) in [7, 11) is 0. The van der Waals surface area contributed by atoms with Gasteiger partial charge in [0.05, 0.1) is 19.2 Å². The molecule has 1 N–H and O–H groups in total. The average molecular weight is 170 g/mol. The quantitative estimate of drug-likeness (QED) is 0.622. The van der Waals surface area contributed by atoms with Crippen LogP contribution in [0, 0.1) is 11.3 Å². The Kier molecular flexibility index (Phi) is 4.30. The zero-order valence-corrected chi connectivity index (χ0v) is 7.68. The number of nitrogens with one attached hydrogen (secondary N) is 1. The maximum atomic E-state index is 10.8. The molecule has 0 rings (SSSR count). The van der Waals surface area contributed by atoms with Crippen LogP contribution in [0.3, 0.4) is 0 Å². The number of hydrogen-bond donors (Lipinski definition) is 1. The average Bonchev–Trinajstić information content (AvgIpc) is 2.02. The Morgan fingerprint density at radius 3 is 2.67 bits per heavy atom. The van der Waals surface area contributed by atoms with Crippen molar-refractivity contribution in [3.05, 3.63) is 0 Å². The van der Waals surface area contributed by atoms with Gasteiger partial charge in [-0.05, 0) is 20.8 Å². The topological polar surface area (TPSA) is 62.1 Å². The maximum absolute atomic E-state index is 10.8. The molecule has 0 aliphatic rings. The minimum atomic E-state index is -0.674. The third-order valence-corrected chi connectivity index (χ3v) is 1.26. The van der Waals surface area contributed by atoms with E-state index in [9.17, 15) is 4.79 Å². The van der Waals surface area contributed by atoms with Crippen LogP contribution < -0.4 is 5.32 Å². The standard InChI is InChI=1S/C8H14N2O2/c1-4-12-7(11)5-10-8(2,3)6-9/h10H,4-5H2,1-3H3. The van der Waals surface area contributed by atoms with Crippen LogP contribution in [0.5, 0.6) is 0 Å². The fourth-order valence-electron chi connectivity index (χ4n) is 0.545. The Hall–Kier alpha value is -1.08. The van der Waals surface area contributed by atoms with Gasteiger partial charge in [0.1, 0.15) is 5.54 Å². The van der Waals surface area contributed by atoms with E-state index >= 15 is 0 Å². The molecule has 0 saturated carbocycles. The summed E-state index contributed by atoms with van der Waals surface area (Å²) in [5, 5.41) is 11.3. The molecule has 0 aromatic heterocycles. The zero-order chi connectivity index (χ0) is 9.61. The first-order valence-corrected chi connectivity index (χ1v) is 3.83. The first-order chi connectivity index (χ1) is 5.52. The van der Waals surface area contributed by atoms with E-state index in [0.29, 0.717) is 6.61 Å². The largest absolute Gasteiger partial charge is 0.465 e. The summed E-state index contributed by atoms with van der Waals surface area (Å²) in [4.78, 5) is 10.8. The van der Waals surface area contributed by atoms with Gasteiger partial charge < -0.3 is 4.74 Å². The van der Waals surface area contributed by atoms with E-state index in [4.69, 9.17) is 5.26 Å². The Labute approximate surface area is 72.5 Å². The summed E-state index contributed by atoms with van der Waals surface area (Å²) in [6.45, 7) is 5.59. The minimum Gasteiger partial charge on any atom is -0.465 e. The molecule has 0 aliphatic carbocycles. The van der Waals surface area contributed by atoms with E-state index in [-0.39, 0.29) is 12.5 Å². The van der Waals surface area contributed by atoms with Crippen LogP contribution in [0.2, 0.25) is 0 Å². The summed E-state index contributed by atoms with van der Waals surface area (Å²) in [5.74, 6) is -0.333. The van der Waals surface area contributed by atoms with Crippen LogP contribution in [0.4, 0.5) is 0 Å². The number of nitriles is 1. The Morgan fingerprint density at radius 1 is 1.67 bits per heavy atom. The molecule has 0 heterocycles. The molecule has 0 radical (unpaired) electrons. The molecular formula is C8H14N2O2. The third-order valence-electron chi connectivity index (χ3n) is 1.26. The lowest BCUT2D eigenvalue weighted by atomic mass is 10.1. The molecule has 68 valence electrons. The number of esters is 1. The molecule has 4 nitrogen and oxygen atoms in total. The first kappa shape index (κ1) is 10.9. The second kappa shape index (κ2) is 4.73. The van der Waals surface area contributed by atoms with Crippen LogP contribution in [-0.2, 0) is 9.53 Å². The molecule has 12 heavy (non-hydrogen) atoms. The Bertz CT molecular complexity index is 194. The van der Waals surface area contributed by atoms with Gasteiger partial charge >= 0.3 is 5.97 Å². The van der Waals surface area contributed by atoms with Crippen molar-refractivity contribution >= 4 is 5.97 Å². The first-order valence-electron chi connectivity index (χ1n) is 3.83. The van der Waals surface area contributed by atoms with Crippen molar-refractivity contribution in [3.63, 3.8) is 0 Å². The molecule has 0 aromatic rings. The smallest absolute Gasteiger partial charge is 0.319 e. The van der Waals surface area contributed by atoms with Gasteiger partial charge in [-0.2, -0.15) is 5.26 Å². The molecule has 0 bridgehead atoms. The molecule has 0 spiro atoms. The van der Waals surface area contributed by atoms with E-state index in [1.807, 2.05) is 6.07 Å². The molecule has 0 aliphatic heterocycles. The fourth-order valence-corrected chi connectivity index (χ4v) is 0.545. The highest BCUT2D eigenvalue weighted by Gasteiger charge is 2.16. The summed E-state index contributed by atoms with van der Waals surface area (Å²) in [5.41, 5.74) is -0.674. The molecule has 4 heteroatoms.